The first-order valence-electron chi connectivity index (χ1n) is 5.78. The van der Waals surface area contributed by atoms with Crippen LogP contribution in [0.25, 0.3) is 0 Å². The van der Waals surface area contributed by atoms with E-state index in [0.717, 1.165) is 5.41 Å². The van der Waals surface area contributed by atoms with Crippen LogP contribution in [0.4, 0.5) is 5.69 Å². The van der Waals surface area contributed by atoms with Gasteiger partial charge in [0.2, 0.25) is 0 Å². The molecular weight excluding hydrogens is 297 g/mol. The number of halogens is 1. The summed E-state index contributed by atoms with van der Waals surface area (Å²) in [5.74, 6) is 0. The Morgan fingerprint density at radius 1 is 1.07 bits per heavy atom. The summed E-state index contributed by atoms with van der Waals surface area (Å²) >= 11 is 2.39. The Hall–Kier alpha value is -0.250. The molecule has 0 unspecified atom stereocenters. The number of nitrogens with zero attached hydrogens (tertiary/aromatic N) is 1. The molecule has 2 fully saturated rings. The van der Waals surface area contributed by atoms with Gasteiger partial charge in [0.05, 0.1) is 0 Å². The number of hydrogen-bond donors (Lipinski definition) is 0. The molecule has 1 saturated carbocycles. The Morgan fingerprint density at radius 3 is 2.40 bits per heavy atom. The first kappa shape index (κ1) is 9.94. The molecule has 1 aromatic rings. The Kier molecular flexibility index (Phi) is 2.42. The van der Waals surface area contributed by atoms with Crippen molar-refractivity contribution >= 4 is 28.3 Å². The number of benzene rings is 1. The molecule has 2 heteroatoms. The lowest BCUT2D eigenvalue weighted by Crippen LogP contribution is -2.34. The monoisotopic (exact) mass is 313 g/mol. The van der Waals surface area contributed by atoms with Crippen molar-refractivity contribution < 1.29 is 0 Å². The Bertz CT molecular complexity index is 361. The van der Waals surface area contributed by atoms with Crippen molar-refractivity contribution in [2.24, 2.45) is 5.41 Å². The van der Waals surface area contributed by atoms with Crippen LogP contribution in [0.1, 0.15) is 25.7 Å². The van der Waals surface area contributed by atoms with Gasteiger partial charge in [-0.05, 0) is 71.9 Å². The molecular formula is C13H16IN. The summed E-state index contributed by atoms with van der Waals surface area (Å²) in [6.45, 7) is 2.53. The summed E-state index contributed by atoms with van der Waals surface area (Å²) in [6.07, 6.45) is 5.82. The molecule has 0 atom stereocenters. The quantitative estimate of drug-likeness (QED) is 0.715. The van der Waals surface area contributed by atoms with Gasteiger partial charge in [-0.1, -0.05) is 6.07 Å². The van der Waals surface area contributed by atoms with Crippen molar-refractivity contribution in [2.75, 3.05) is 18.0 Å². The largest absolute Gasteiger partial charge is 0.371 e. The molecule has 1 nitrogen and oxygen atoms in total. The molecule has 1 aliphatic carbocycles. The number of piperidine rings is 1. The molecule has 1 aliphatic heterocycles. The minimum Gasteiger partial charge on any atom is -0.371 e. The van der Waals surface area contributed by atoms with Gasteiger partial charge < -0.3 is 4.90 Å². The van der Waals surface area contributed by atoms with Crippen molar-refractivity contribution in [3.05, 3.63) is 27.8 Å². The Labute approximate surface area is 105 Å². The van der Waals surface area contributed by atoms with Crippen molar-refractivity contribution in [3.63, 3.8) is 0 Å². The van der Waals surface area contributed by atoms with Crippen LogP contribution in [0.3, 0.4) is 0 Å². The van der Waals surface area contributed by atoms with E-state index < -0.39 is 0 Å². The van der Waals surface area contributed by atoms with E-state index in [1.165, 1.54) is 48.0 Å². The van der Waals surface area contributed by atoms with E-state index in [1.54, 1.807) is 0 Å². The second kappa shape index (κ2) is 3.65. The molecule has 1 saturated heterocycles. The molecule has 0 amide bonds. The van der Waals surface area contributed by atoms with Gasteiger partial charge >= 0.3 is 0 Å². The maximum absolute atomic E-state index is 2.55. The molecule has 0 bridgehead atoms. The predicted molar refractivity (Wildman–Crippen MR) is 72.3 cm³/mol. The van der Waals surface area contributed by atoms with E-state index in [1.807, 2.05) is 0 Å². The van der Waals surface area contributed by atoms with Crippen LogP contribution in [0, 0.1) is 8.99 Å². The highest BCUT2D eigenvalue weighted by Crippen LogP contribution is 2.53. The SMILES string of the molecule is Ic1cccc(N2CCC3(CC2)CC3)c1. The van der Waals surface area contributed by atoms with Gasteiger partial charge in [0.1, 0.15) is 0 Å². The van der Waals surface area contributed by atoms with Gasteiger partial charge in [-0.15, -0.1) is 0 Å². The van der Waals surface area contributed by atoms with Crippen LogP contribution < -0.4 is 4.90 Å². The van der Waals surface area contributed by atoms with Gasteiger partial charge in [-0.2, -0.15) is 0 Å². The molecule has 0 aromatic heterocycles. The first-order chi connectivity index (χ1) is 7.27. The second-order valence-corrected chi connectivity index (χ2v) is 6.21. The number of hydrogen-bond acceptors (Lipinski definition) is 1. The van der Waals surface area contributed by atoms with Crippen molar-refractivity contribution in [1.29, 1.82) is 0 Å². The van der Waals surface area contributed by atoms with Crippen molar-refractivity contribution in [1.82, 2.24) is 0 Å². The third-order valence-corrected chi connectivity index (χ3v) is 4.63. The van der Waals surface area contributed by atoms with E-state index >= 15 is 0 Å². The Morgan fingerprint density at radius 2 is 1.80 bits per heavy atom. The molecule has 15 heavy (non-hydrogen) atoms. The highest BCUT2D eigenvalue weighted by atomic mass is 127. The highest BCUT2D eigenvalue weighted by Gasteiger charge is 2.44. The number of anilines is 1. The van der Waals surface area contributed by atoms with Crippen LogP contribution in [-0.2, 0) is 0 Å². The van der Waals surface area contributed by atoms with Crippen LogP contribution in [0.2, 0.25) is 0 Å². The predicted octanol–water partition coefficient (Wildman–Crippen LogP) is 3.67. The normalized spacial score (nSPS) is 23.1. The summed E-state index contributed by atoms with van der Waals surface area (Å²) in [6, 6.07) is 8.87. The zero-order valence-corrected chi connectivity index (χ0v) is 11.0. The first-order valence-corrected chi connectivity index (χ1v) is 6.86. The van der Waals surface area contributed by atoms with E-state index in [-0.39, 0.29) is 0 Å². The highest BCUT2D eigenvalue weighted by molar-refractivity contribution is 14.1. The van der Waals surface area contributed by atoms with E-state index in [4.69, 9.17) is 0 Å². The summed E-state index contributed by atoms with van der Waals surface area (Å²) < 4.78 is 1.34. The fraction of sp³-hybridized carbons (Fsp3) is 0.538. The lowest BCUT2D eigenvalue weighted by molar-refractivity contribution is 0.384. The molecule has 80 valence electrons. The maximum atomic E-state index is 2.55. The second-order valence-electron chi connectivity index (χ2n) is 4.97. The van der Waals surface area contributed by atoms with Crippen molar-refractivity contribution in [3.8, 4) is 0 Å². The molecule has 1 aromatic carbocycles. The van der Waals surface area contributed by atoms with Crippen LogP contribution in [-0.4, -0.2) is 13.1 Å². The third kappa shape index (κ3) is 2.01. The van der Waals surface area contributed by atoms with Crippen LogP contribution in [0.5, 0.6) is 0 Å². The van der Waals surface area contributed by atoms with Crippen LogP contribution >= 0.6 is 22.6 Å². The molecule has 1 heterocycles. The lowest BCUT2D eigenvalue weighted by atomic mass is 9.93. The van der Waals surface area contributed by atoms with Crippen LogP contribution in [0.15, 0.2) is 24.3 Å². The Balaban J connectivity index is 1.73. The molecule has 0 radical (unpaired) electrons. The van der Waals surface area contributed by atoms with Gasteiger partial charge in [0.25, 0.3) is 0 Å². The zero-order chi connectivity index (χ0) is 10.3. The molecule has 2 aliphatic rings. The summed E-state index contributed by atoms with van der Waals surface area (Å²) in [5, 5.41) is 0. The topological polar surface area (TPSA) is 3.24 Å². The third-order valence-electron chi connectivity index (χ3n) is 3.95. The van der Waals surface area contributed by atoms with Gasteiger partial charge in [-0.25, -0.2) is 0 Å². The fourth-order valence-electron chi connectivity index (χ4n) is 2.59. The van der Waals surface area contributed by atoms with Gasteiger partial charge in [-0.3, -0.25) is 0 Å². The summed E-state index contributed by atoms with van der Waals surface area (Å²) in [7, 11) is 0. The zero-order valence-electron chi connectivity index (χ0n) is 8.88. The van der Waals surface area contributed by atoms with E-state index in [9.17, 15) is 0 Å². The minimum absolute atomic E-state index is 0.790. The standard InChI is InChI=1S/C13H16IN/c14-11-2-1-3-12(10-11)15-8-6-13(4-5-13)7-9-15/h1-3,10H,4-9H2. The summed E-state index contributed by atoms with van der Waals surface area (Å²) in [5.41, 5.74) is 2.20. The minimum atomic E-state index is 0.790. The molecule has 1 spiro atoms. The average molecular weight is 313 g/mol. The van der Waals surface area contributed by atoms with Gasteiger partial charge in [0, 0.05) is 22.3 Å². The van der Waals surface area contributed by atoms with Gasteiger partial charge in [0.15, 0.2) is 0 Å². The number of rotatable bonds is 1. The lowest BCUT2D eigenvalue weighted by Gasteiger charge is -2.33. The van der Waals surface area contributed by atoms with Crippen molar-refractivity contribution in [2.45, 2.75) is 25.7 Å². The van der Waals surface area contributed by atoms with E-state index in [2.05, 4.69) is 51.8 Å². The fourth-order valence-corrected chi connectivity index (χ4v) is 3.12. The summed E-state index contributed by atoms with van der Waals surface area (Å²) in [4.78, 5) is 2.55. The van der Waals surface area contributed by atoms with E-state index in [0.29, 0.717) is 0 Å². The smallest absolute Gasteiger partial charge is 0.0376 e. The molecule has 0 N–H and O–H groups in total. The maximum Gasteiger partial charge on any atom is 0.0376 e. The average Bonchev–Trinajstić information content (AvgIpc) is 2.99. The molecule has 3 rings (SSSR count).